The smallest absolute Gasteiger partial charge is 0.330 e. The zero-order chi connectivity index (χ0) is 21.8. The maximum absolute atomic E-state index is 12.8. The van der Waals surface area contributed by atoms with E-state index in [-0.39, 0.29) is 5.75 Å². The molecule has 0 spiro atoms. The monoisotopic (exact) mass is 414 g/mol. The van der Waals surface area contributed by atoms with Gasteiger partial charge in [-0.05, 0) is 30.3 Å². The maximum atomic E-state index is 12.8. The lowest BCUT2D eigenvalue weighted by molar-refractivity contribution is -0.144. The number of carbonyl (C=O) groups is 2. The van der Waals surface area contributed by atoms with Gasteiger partial charge in [0.05, 0.1) is 34.0 Å². The first-order valence-corrected chi connectivity index (χ1v) is 9.03. The molecule has 0 fully saturated rings. The van der Waals surface area contributed by atoms with E-state index >= 15 is 0 Å². The highest BCUT2D eigenvalue weighted by molar-refractivity contribution is 5.89. The molecule has 158 valence electrons. The summed E-state index contributed by atoms with van der Waals surface area (Å²) in [6.07, 6.45) is 2.03. The molecule has 0 unspecified atom stereocenters. The van der Waals surface area contributed by atoms with Crippen molar-refractivity contribution >= 4 is 18.0 Å². The van der Waals surface area contributed by atoms with Crippen LogP contribution in [0.2, 0.25) is 0 Å². The standard InChI is InChI=1S/C22H22O8/c1-26-16-11-13(23)7-8-14(16)21-19(22(25)29-4)18-15(30-21)9-5-12(20(18)28-3)6-10-17(24)27-2/h5-11,19,21,23H,1-4H3/b10-6+/t19-,21+/m1/s1. The number of fused-ring (bicyclic) bond motifs is 1. The van der Waals surface area contributed by atoms with Crippen molar-refractivity contribution in [3.05, 3.63) is 53.1 Å². The molecule has 8 nitrogen and oxygen atoms in total. The number of methoxy groups -OCH3 is 4. The van der Waals surface area contributed by atoms with Crippen LogP contribution in [0.15, 0.2) is 36.4 Å². The van der Waals surface area contributed by atoms with Crippen LogP contribution in [0.5, 0.6) is 23.0 Å². The molecule has 8 heteroatoms. The van der Waals surface area contributed by atoms with Crippen molar-refractivity contribution in [2.24, 2.45) is 0 Å². The Hall–Kier alpha value is -3.68. The van der Waals surface area contributed by atoms with Gasteiger partial charge in [-0.15, -0.1) is 0 Å². The summed E-state index contributed by atoms with van der Waals surface area (Å²) in [6.45, 7) is 0. The largest absolute Gasteiger partial charge is 0.508 e. The Bertz CT molecular complexity index is 995. The van der Waals surface area contributed by atoms with Gasteiger partial charge in [-0.2, -0.15) is 0 Å². The highest BCUT2D eigenvalue weighted by atomic mass is 16.5. The third-order valence-electron chi connectivity index (χ3n) is 4.84. The average Bonchev–Trinajstić information content (AvgIpc) is 3.15. The Balaban J connectivity index is 2.15. The van der Waals surface area contributed by atoms with Crippen molar-refractivity contribution in [2.75, 3.05) is 28.4 Å². The third kappa shape index (κ3) is 3.76. The van der Waals surface area contributed by atoms with Crippen LogP contribution in [-0.2, 0) is 19.1 Å². The molecule has 1 heterocycles. The highest BCUT2D eigenvalue weighted by Gasteiger charge is 2.45. The molecule has 1 aliphatic heterocycles. The molecule has 30 heavy (non-hydrogen) atoms. The molecule has 0 radical (unpaired) electrons. The van der Waals surface area contributed by atoms with Gasteiger partial charge in [0, 0.05) is 23.3 Å². The van der Waals surface area contributed by atoms with Gasteiger partial charge in [0.1, 0.15) is 35.0 Å². The fourth-order valence-electron chi connectivity index (χ4n) is 3.48. The molecule has 2 atom stereocenters. The Morgan fingerprint density at radius 2 is 1.80 bits per heavy atom. The molecule has 1 aliphatic rings. The molecule has 0 amide bonds. The molecule has 2 aromatic carbocycles. The zero-order valence-electron chi connectivity index (χ0n) is 17.0. The van der Waals surface area contributed by atoms with E-state index in [2.05, 4.69) is 4.74 Å². The summed E-state index contributed by atoms with van der Waals surface area (Å²) < 4.78 is 26.7. The first-order chi connectivity index (χ1) is 14.4. The lowest BCUT2D eigenvalue weighted by atomic mass is 9.89. The van der Waals surface area contributed by atoms with Crippen molar-refractivity contribution in [2.45, 2.75) is 12.0 Å². The summed E-state index contributed by atoms with van der Waals surface area (Å²) in [7, 11) is 5.50. The third-order valence-corrected chi connectivity index (χ3v) is 4.84. The van der Waals surface area contributed by atoms with Crippen molar-refractivity contribution < 1.29 is 38.4 Å². The van der Waals surface area contributed by atoms with Crippen molar-refractivity contribution in [1.82, 2.24) is 0 Å². The van der Waals surface area contributed by atoms with Crippen LogP contribution in [0.4, 0.5) is 0 Å². The fraction of sp³-hybridized carbons (Fsp3) is 0.273. The number of esters is 2. The summed E-state index contributed by atoms with van der Waals surface area (Å²) in [5.41, 5.74) is 1.63. The summed E-state index contributed by atoms with van der Waals surface area (Å²) in [4.78, 5) is 24.3. The minimum Gasteiger partial charge on any atom is -0.508 e. The first kappa shape index (κ1) is 21.0. The van der Waals surface area contributed by atoms with Gasteiger partial charge in [0.25, 0.3) is 0 Å². The fourth-order valence-corrected chi connectivity index (χ4v) is 3.48. The molecule has 0 bridgehead atoms. The van der Waals surface area contributed by atoms with Gasteiger partial charge in [-0.3, -0.25) is 4.79 Å². The average molecular weight is 414 g/mol. The van der Waals surface area contributed by atoms with E-state index in [4.69, 9.17) is 18.9 Å². The van der Waals surface area contributed by atoms with Gasteiger partial charge in [0.15, 0.2) is 0 Å². The molecular formula is C22H22O8. The van der Waals surface area contributed by atoms with Crippen LogP contribution < -0.4 is 14.2 Å². The summed E-state index contributed by atoms with van der Waals surface area (Å²) in [5.74, 6) is -0.697. The van der Waals surface area contributed by atoms with E-state index in [1.54, 1.807) is 18.2 Å². The van der Waals surface area contributed by atoms with E-state index in [9.17, 15) is 14.7 Å². The second-order valence-corrected chi connectivity index (χ2v) is 6.42. The maximum Gasteiger partial charge on any atom is 0.330 e. The Labute approximate surface area is 173 Å². The molecule has 0 saturated carbocycles. The van der Waals surface area contributed by atoms with Crippen LogP contribution in [0, 0.1) is 0 Å². The summed E-state index contributed by atoms with van der Waals surface area (Å²) in [6, 6.07) is 7.96. The number of phenols is 1. The van der Waals surface area contributed by atoms with E-state index in [0.717, 1.165) is 0 Å². The van der Waals surface area contributed by atoms with Crippen molar-refractivity contribution in [1.29, 1.82) is 0 Å². The molecule has 3 rings (SSSR count). The predicted molar refractivity (Wildman–Crippen MR) is 107 cm³/mol. The SMILES string of the molecule is COC(=O)/C=C/c1ccc2c(c1OC)[C@@H](C(=O)OC)[C@H](c1ccc(O)cc1OC)O2. The van der Waals surface area contributed by atoms with E-state index in [1.807, 2.05) is 0 Å². The lowest BCUT2D eigenvalue weighted by Gasteiger charge is -2.20. The summed E-state index contributed by atoms with van der Waals surface area (Å²) >= 11 is 0. The zero-order valence-corrected chi connectivity index (χ0v) is 17.0. The minimum atomic E-state index is -0.857. The number of rotatable bonds is 6. The van der Waals surface area contributed by atoms with Crippen LogP contribution in [0.1, 0.15) is 28.7 Å². The highest BCUT2D eigenvalue weighted by Crippen LogP contribution is 2.53. The lowest BCUT2D eigenvalue weighted by Crippen LogP contribution is -2.21. The van der Waals surface area contributed by atoms with Crippen molar-refractivity contribution in [3.8, 4) is 23.0 Å². The predicted octanol–water partition coefficient (Wildman–Crippen LogP) is 2.99. The number of aromatic hydroxyl groups is 1. The molecule has 0 aromatic heterocycles. The Morgan fingerprint density at radius 3 is 2.43 bits per heavy atom. The molecule has 2 aromatic rings. The van der Waals surface area contributed by atoms with Gasteiger partial charge in [-0.25, -0.2) is 4.79 Å². The van der Waals surface area contributed by atoms with Crippen molar-refractivity contribution in [3.63, 3.8) is 0 Å². The van der Waals surface area contributed by atoms with Crippen LogP contribution >= 0.6 is 0 Å². The molecule has 1 N–H and O–H groups in total. The second kappa shape index (κ2) is 8.77. The molecule has 0 saturated heterocycles. The quantitative estimate of drug-likeness (QED) is 0.569. The van der Waals surface area contributed by atoms with E-state index < -0.39 is 24.0 Å². The van der Waals surface area contributed by atoms with Gasteiger partial charge in [0.2, 0.25) is 0 Å². The number of benzene rings is 2. The Morgan fingerprint density at radius 1 is 1.03 bits per heavy atom. The molecule has 0 aliphatic carbocycles. The Kier molecular flexibility index (Phi) is 6.15. The van der Waals surface area contributed by atoms with Gasteiger partial charge in [-0.1, -0.05) is 0 Å². The number of carbonyl (C=O) groups excluding carboxylic acids is 2. The molecular weight excluding hydrogens is 392 g/mol. The van der Waals surface area contributed by atoms with Crippen LogP contribution in [0.25, 0.3) is 6.08 Å². The first-order valence-electron chi connectivity index (χ1n) is 9.03. The topological polar surface area (TPSA) is 101 Å². The number of hydrogen-bond acceptors (Lipinski definition) is 8. The van der Waals surface area contributed by atoms with E-state index in [0.29, 0.717) is 33.9 Å². The van der Waals surface area contributed by atoms with Gasteiger partial charge < -0.3 is 28.8 Å². The number of phenolic OH excluding ortho intramolecular Hbond substituents is 1. The number of hydrogen-bond donors (Lipinski definition) is 1. The summed E-state index contributed by atoms with van der Waals surface area (Å²) in [5, 5.41) is 9.77. The van der Waals surface area contributed by atoms with Gasteiger partial charge >= 0.3 is 11.9 Å². The minimum absolute atomic E-state index is 0.0218. The number of ether oxygens (including phenoxy) is 5. The van der Waals surface area contributed by atoms with Crippen LogP contribution in [0.3, 0.4) is 0 Å². The second-order valence-electron chi connectivity index (χ2n) is 6.42. The van der Waals surface area contributed by atoms with Crippen LogP contribution in [-0.4, -0.2) is 45.5 Å². The van der Waals surface area contributed by atoms with E-state index in [1.165, 1.54) is 52.7 Å². The normalized spacial score (nSPS) is 17.2.